The Morgan fingerprint density at radius 2 is 1.86 bits per heavy atom. The standard InChI is InChI=1S/C20H29ClN4O2S/c1-15(16-3-5-18(21)6-4-16)13-20(23-22)17-7-10-24(11-8-17)19-9-12-25(14-19)28(2,26)27/h3-6,13,17,19,23H,1,7-12,14,22H2,2H3/b20-13-. The van der Waals surface area contributed by atoms with Crippen LogP contribution in [-0.2, 0) is 10.0 Å². The van der Waals surface area contributed by atoms with Gasteiger partial charge in [0.1, 0.15) is 0 Å². The Morgan fingerprint density at radius 3 is 2.39 bits per heavy atom. The third-order valence-corrected chi connectivity index (χ3v) is 7.31. The van der Waals surface area contributed by atoms with Gasteiger partial charge in [0.05, 0.1) is 6.26 Å². The number of rotatable bonds is 6. The summed E-state index contributed by atoms with van der Waals surface area (Å²) in [4.78, 5) is 2.42. The average molecular weight is 425 g/mol. The molecule has 0 amide bonds. The number of benzene rings is 1. The molecule has 1 aromatic carbocycles. The molecule has 2 heterocycles. The fourth-order valence-corrected chi connectivity index (χ4v) is 5.10. The van der Waals surface area contributed by atoms with Crippen LogP contribution in [0.25, 0.3) is 5.57 Å². The lowest BCUT2D eigenvalue weighted by atomic mass is 9.91. The molecule has 2 aliphatic rings. The molecule has 0 saturated carbocycles. The van der Waals surface area contributed by atoms with Crippen LogP contribution in [0, 0.1) is 5.92 Å². The Labute approximate surface area is 173 Å². The van der Waals surface area contributed by atoms with Gasteiger partial charge in [0.15, 0.2) is 0 Å². The van der Waals surface area contributed by atoms with Gasteiger partial charge in [0.2, 0.25) is 10.0 Å². The minimum Gasteiger partial charge on any atom is -0.328 e. The smallest absolute Gasteiger partial charge is 0.211 e. The van der Waals surface area contributed by atoms with Crippen molar-refractivity contribution in [2.45, 2.75) is 25.3 Å². The highest BCUT2D eigenvalue weighted by Crippen LogP contribution is 2.29. The van der Waals surface area contributed by atoms with Gasteiger partial charge in [0, 0.05) is 35.8 Å². The van der Waals surface area contributed by atoms with Crippen molar-refractivity contribution >= 4 is 27.2 Å². The summed E-state index contributed by atoms with van der Waals surface area (Å²) in [5.41, 5.74) is 5.76. The molecule has 2 aliphatic heterocycles. The lowest BCUT2D eigenvalue weighted by Gasteiger charge is -2.36. The summed E-state index contributed by atoms with van der Waals surface area (Å²) in [6.45, 7) is 7.28. The fourth-order valence-electron chi connectivity index (χ4n) is 4.10. The van der Waals surface area contributed by atoms with Crippen LogP contribution in [0.5, 0.6) is 0 Å². The molecule has 0 aromatic heterocycles. The number of allylic oxidation sites excluding steroid dienone is 3. The molecule has 2 fully saturated rings. The molecular weight excluding hydrogens is 396 g/mol. The van der Waals surface area contributed by atoms with Gasteiger partial charge in [-0.1, -0.05) is 30.3 Å². The average Bonchev–Trinajstić information content (AvgIpc) is 3.17. The van der Waals surface area contributed by atoms with Gasteiger partial charge in [-0.2, -0.15) is 0 Å². The first-order chi connectivity index (χ1) is 13.3. The molecule has 6 nitrogen and oxygen atoms in total. The minimum atomic E-state index is -3.09. The van der Waals surface area contributed by atoms with E-state index >= 15 is 0 Å². The molecule has 0 spiro atoms. The van der Waals surface area contributed by atoms with Crippen molar-refractivity contribution in [2.24, 2.45) is 11.8 Å². The Bertz CT molecular complexity index is 830. The van der Waals surface area contributed by atoms with Crippen LogP contribution in [0.4, 0.5) is 0 Å². The number of hydrogen-bond acceptors (Lipinski definition) is 5. The molecule has 154 valence electrons. The second kappa shape index (κ2) is 8.97. The molecule has 0 radical (unpaired) electrons. The zero-order valence-corrected chi connectivity index (χ0v) is 17.8. The molecule has 8 heteroatoms. The number of nitrogens with two attached hydrogens (primary N) is 1. The number of nitrogens with one attached hydrogen (secondary N) is 1. The maximum Gasteiger partial charge on any atom is 0.211 e. The first-order valence-corrected chi connectivity index (χ1v) is 11.8. The van der Waals surface area contributed by atoms with Crippen molar-refractivity contribution < 1.29 is 8.42 Å². The van der Waals surface area contributed by atoms with Crippen LogP contribution in [-0.4, -0.2) is 56.1 Å². The van der Waals surface area contributed by atoms with Gasteiger partial charge in [-0.05, 0) is 61.7 Å². The number of likely N-dealkylation sites (tertiary alicyclic amines) is 1. The van der Waals surface area contributed by atoms with Gasteiger partial charge in [-0.25, -0.2) is 12.7 Å². The molecule has 2 saturated heterocycles. The van der Waals surface area contributed by atoms with E-state index in [-0.39, 0.29) is 0 Å². The predicted molar refractivity (Wildman–Crippen MR) is 115 cm³/mol. The lowest BCUT2D eigenvalue weighted by Crippen LogP contribution is -2.44. The summed E-state index contributed by atoms with van der Waals surface area (Å²) in [6.07, 6.45) is 6.19. The van der Waals surface area contributed by atoms with Crippen LogP contribution in [0.3, 0.4) is 0 Å². The number of sulfonamides is 1. The van der Waals surface area contributed by atoms with E-state index < -0.39 is 10.0 Å². The first kappa shape index (κ1) is 21.3. The van der Waals surface area contributed by atoms with E-state index in [1.165, 1.54) is 6.26 Å². The van der Waals surface area contributed by atoms with E-state index in [9.17, 15) is 8.42 Å². The monoisotopic (exact) mass is 424 g/mol. The van der Waals surface area contributed by atoms with Crippen molar-refractivity contribution in [2.75, 3.05) is 32.4 Å². The fraction of sp³-hybridized carbons (Fsp3) is 0.500. The van der Waals surface area contributed by atoms with Gasteiger partial charge in [0.25, 0.3) is 0 Å². The first-order valence-electron chi connectivity index (χ1n) is 9.60. The van der Waals surface area contributed by atoms with E-state index in [0.29, 0.717) is 30.1 Å². The van der Waals surface area contributed by atoms with Crippen LogP contribution in [0.15, 0.2) is 42.6 Å². The summed E-state index contributed by atoms with van der Waals surface area (Å²) in [7, 11) is -3.09. The Kier molecular flexibility index (Phi) is 6.83. The molecule has 0 bridgehead atoms. The number of hydrazine groups is 1. The largest absolute Gasteiger partial charge is 0.328 e. The van der Waals surface area contributed by atoms with E-state index in [2.05, 4.69) is 16.9 Å². The van der Waals surface area contributed by atoms with Crippen LogP contribution < -0.4 is 11.3 Å². The Hall–Kier alpha value is -1.38. The third-order valence-electron chi connectivity index (χ3n) is 5.79. The lowest BCUT2D eigenvalue weighted by molar-refractivity contribution is 0.146. The number of hydrogen-bond donors (Lipinski definition) is 2. The normalized spacial score (nSPS) is 23.1. The molecule has 3 N–H and O–H groups in total. The van der Waals surface area contributed by atoms with E-state index in [4.69, 9.17) is 17.4 Å². The van der Waals surface area contributed by atoms with E-state index in [1.54, 1.807) is 4.31 Å². The molecule has 1 aromatic rings. The predicted octanol–water partition coefficient (Wildman–Crippen LogP) is 2.45. The molecule has 3 rings (SSSR count). The Morgan fingerprint density at radius 1 is 1.21 bits per heavy atom. The van der Waals surface area contributed by atoms with Crippen molar-refractivity contribution in [1.82, 2.24) is 14.6 Å². The second-order valence-corrected chi connectivity index (χ2v) is 10.1. The van der Waals surface area contributed by atoms with Crippen molar-refractivity contribution in [3.63, 3.8) is 0 Å². The van der Waals surface area contributed by atoms with Crippen molar-refractivity contribution in [3.05, 3.63) is 53.2 Å². The van der Waals surface area contributed by atoms with Crippen LogP contribution >= 0.6 is 11.6 Å². The van der Waals surface area contributed by atoms with Crippen LogP contribution in [0.1, 0.15) is 24.8 Å². The summed E-state index contributed by atoms with van der Waals surface area (Å²) in [6, 6.07) is 7.92. The third kappa shape index (κ3) is 5.15. The SMILES string of the molecule is C=C(/C=C(\NN)C1CCN(C2CCN(S(C)(=O)=O)C2)CC1)c1ccc(Cl)cc1. The summed E-state index contributed by atoms with van der Waals surface area (Å²) in [5.74, 6) is 6.15. The highest BCUT2D eigenvalue weighted by atomic mass is 35.5. The second-order valence-electron chi connectivity index (χ2n) is 7.65. The minimum absolute atomic E-state index is 0.318. The maximum atomic E-state index is 11.7. The number of nitrogens with zero attached hydrogens (tertiary/aromatic N) is 2. The zero-order chi connectivity index (χ0) is 20.3. The molecule has 28 heavy (non-hydrogen) atoms. The van der Waals surface area contributed by atoms with Crippen molar-refractivity contribution in [3.8, 4) is 0 Å². The summed E-state index contributed by atoms with van der Waals surface area (Å²) in [5, 5.41) is 0.700. The summed E-state index contributed by atoms with van der Waals surface area (Å²) < 4.78 is 25.1. The van der Waals surface area contributed by atoms with Gasteiger partial charge >= 0.3 is 0 Å². The van der Waals surface area contributed by atoms with E-state index in [1.807, 2.05) is 30.3 Å². The van der Waals surface area contributed by atoms with Gasteiger partial charge in [-0.3, -0.25) is 10.7 Å². The summed E-state index contributed by atoms with van der Waals surface area (Å²) >= 11 is 5.95. The highest BCUT2D eigenvalue weighted by molar-refractivity contribution is 7.88. The molecule has 1 unspecified atom stereocenters. The maximum absolute atomic E-state index is 11.7. The topological polar surface area (TPSA) is 78.7 Å². The molecular formula is C20H29ClN4O2S. The zero-order valence-electron chi connectivity index (χ0n) is 16.3. The van der Waals surface area contributed by atoms with Gasteiger partial charge < -0.3 is 5.43 Å². The van der Waals surface area contributed by atoms with E-state index in [0.717, 1.165) is 49.2 Å². The number of piperidine rings is 1. The quantitative estimate of drug-likeness (QED) is 0.416. The number of halogens is 1. The van der Waals surface area contributed by atoms with Crippen molar-refractivity contribution in [1.29, 1.82) is 0 Å². The molecule has 0 aliphatic carbocycles. The van der Waals surface area contributed by atoms with Gasteiger partial charge in [-0.15, -0.1) is 0 Å². The molecule has 1 atom stereocenters. The Balaban J connectivity index is 1.58. The highest BCUT2D eigenvalue weighted by Gasteiger charge is 2.34. The van der Waals surface area contributed by atoms with Crippen LogP contribution in [0.2, 0.25) is 5.02 Å².